The lowest BCUT2D eigenvalue weighted by Crippen LogP contribution is -2.48. The molecule has 2 aromatic carbocycles. The van der Waals surface area contributed by atoms with Crippen molar-refractivity contribution in [3.8, 4) is 11.5 Å². The minimum atomic E-state index is -0.496. The summed E-state index contributed by atoms with van der Waals surface area (Å²) in [5.41, 5.74) is 1.53. The third kappa shape index (κ3) is 6.53. The zero-order chi connectivity index (χ0) is 25.4. The van der Waals surface area contributed by atoms with E-state index in [9.17, 15) is 14.4 Å². The van der Waals surface area contributed by atoms with Crippen LogP contribution in [-0.2, 0) is 14.4 Å². The third-order valence-corrected chi connectivity index (χ3v) is 6.41. The minimum Gasteiger partial charge on any atom is -0.497 e. The van der Waals surface area contributed by atoms with E-state index in [-0.39, 0.29) is 43.1 Å². The highest BCUT2D eigenvalue weighted by Gasteiger charge is 2.41. The molecule has 0 spiro atoms. The maximum atomic E-state index is 13.3. The summed E-state index contributed by atoms with van der Waals surface area (Å²) in [6.45, 7) is 4.19. The van der Waals surface area contributed by atoms with Crippen molar-refractivity contribution in [2.75, 3.05) is 25.7 Å². The fourth-order valence-corrected chi connectivity index (χ4v) is 4.28. The molecule has 35 heavy (non-hydrogen) atoms. The summed E-state index contributed by atoms with van der Waals surface area (Å²) in [5.74, 6) is 0.594. The van der Waals surface area contributed by atoms with Gasteiger partial charge < -0.3 is 25.0 Å². The van der Waals surface area contributed by atoms with Gasteiger partial charge in [0.1, 0.15) is 11.5 Å². The van der Waals surface area contributed by atoms with Crippen LogP contribution < -0.4 is 25.0 Å². The van der Waals surface area contributed by atoms with Gasteiger partial charge in [0.25, 0.3) is 0 Å². The number of methoxy groups -OCH3 is 2. The van der Waals surface area contributed by atoms with Gasteiger partial charge in [-0.15, -0.1) is 0 Å². The molecule has 0 radical (unpaired) electrons. The first-order valence-corrected chi connectivity index (χ1v) is 12.0. The molecule has 2 aromatic rings. The van der Waals surface area contributed by atoms with Crippen LogP contribution in [0.15, 0.2) is 48.5 Å². The predicted molar refractivity (Wildman–Crippen MR) is 134 cm³/mol. The van der Waals surface area contributed by atoms with Crippen LogP contribution in [0.1, 0.15) is 51.1 Å². The first-order chi connectivity index (χ1) is 16.9. The van der Waals surface area contributed by atoms with Gasteiger partial charge >= 0.3 is 0 Å². The number of nitrogens with one attached hydrogen (secondary N) is 2. The van der Waals surface area contributed by atoms with E-state index in [0.717, 1.165) is 12.0 Å². The molecular formula is C27H35N3O5. The van der Waals surface area contributed by atoms with Crippen molar-refractivity contribution in [2.45, 2.75) is 51.6 Å². The second-order valence-electron chi connectivity index (χ2n) is 8.74. The number of amides is 3. The number of benzene rings is 2. The summed E-state index contributed by atoms with van der Waals surface area (Å²) >= 11 is 0. The van der Waals surface area contributed by atoms with Crippen molar-refractivity contribution in [3.63, 3.8) is 0 Å². The lowest BCUT2D eigenvalue weighted by molar-refractivity contribution is -0.129. The van der Waals surface area contributed by atoms with Crippen LogP contribution in [0.25, 0.3) is 0 Å². The van der Waals surface area contributed by atoms with E-state index in [1.807, 2.05) is 50.2 Å². The highest BCUT2D eigenvalue weighted by atomic mass is 16.5. The van der Waals surface area contributed by atoms with Crippen molar-refractivity contribution < 1.29 is 23.9 Å². The molecular weight excluding hydrogens is 446 g/mol. The monoisotopic (exact) mass is 481 g/mol. The van der Waals surface area contributed by atoms with Crippen LogP contribution in [0, 0.1) is 5.92 Å². The number of carbonyl (C=O) groups is 3. The Morgan fingerprint density at radius 2 is 1.63 bits per heavy atom. The summed E-state index contributed by atoms with van der Waals surface area (Å²) in [6.07, 6.45) is 1.73. The largest absolute Gasteiger partial charge is 0.497 e. The van der Waals surface area contributed by atoms with E-state index < -0.39 is 12.0 Å². The van der Waals surface area contributed by atoms with E-state index in [1.165, 1.54) is 0 Å². The van der Waals surface area contributed by atoms with E-state index in [4.69, 9.17) is 9.47 Å². The molecule has 0 aromatic heterocycles. The summed E-state index contributed by atoms with van der Waals surface area (Å²) in [6, 6.07) is 14.3. The molecule has 1 aliphatic rings. The van der Waals surface area contributed by atoms with Gasteiger partial charge in [0.05, 0.1) is 26.2 Å². The van der Waals surface area contributed by atoms with E-state index in [0.29, 0.717) is 23.6 Å². The molecule has 3 atom stereocenters. The number of hydrogen-bond donors (Lipinski definition) is 2. The van der Waals surface area contributed by atoms with E-state index in [1.54, 1.807) is 31.3 Å². The quantitative estimate of drug-likeness (QED) is 0.540. The summed E-state index contributed by atoms with van der Waals surface area (Å²) in [7, 11) is 3.18. The van der Waals surface area contributed by atoms with Crippen LogP contribution in [-0.4, -0.2) is 44.5 Å². The van der Waals surface area contributed by atoms with Crippen LogP contribution in [0.5, 0.6) is 11.5 Å². The number of anilines is 1. The fourth-order valence-electron chi connectivity index (χ4n) is 4.28. The SMILES string of the molecule is CCC(C)NC(=O)CCNC(=O)C1CCC(=O)N(c2ccc(OC)cc2)C1c1ccc(OC)cc1. The van der Waals surface area contributed by atoms with Crippen LogP contribution in [0.2, 0.25) is 0 Å². The standard InChI is InChI=1S/C27H35N3O5/c1-5-18(2)29-24(31)16-17-28-27(33)23-14-15-25(32)30(20-8-12-22(35-4)13-9-20)26(23)19-6-10-21(34-3)11-7-19/h6-13,18,23,26H,5,14-17H2,1-4H3,(H,28,33)(H,29,31). The van der Waals surface area contributed by atoms with Gasteiger partial charge in [0, 0.05) is 31.1 Å². The Labute approximate surface area is 207 Å². The Balaban J connectivity index is 1.84. The van der Waals surface area contributed by atoms with E-state index in [2.05, 4.69) is 10.6 Å². The average Bonchev–Trinajstić information content (AvgIpc) is 2.88. The van der Waals surface area contributed by atoms with Crippen molar-refractivity contribution >= 4 is 23.4 Å². The lowest BCUT2D eigenvalue weighted by Gasteiger charge is -2.41. The second kappa shape index (κ2) is 12.2. The molecule has 8 nitrogen and oxygen atoms in total. The number of piperidine rings is 1. The molecule has 2 N–H and O–H groups in total. The molecule has 1 saturated heterocycles. The summed E-state index contributed by atoms with van der Waals surface area (Å²) in [5, 5.41) is 5.83. The average molecular weight is 482 g/mol. The smallest absolute Gasteiger partial charge is 0.227 e. The normalized spacial score (nSPS) is 18.5. The van der Waals surface area contributed by atoms with Crippen molar-refractivity contribution in [2.24, 2.45) is 5.92 Å². The van der Waals surface area contributed by atoms with Gasteiger partial charge in [0.2, 0.25) is 17.7 Å². The molecule has 0 saturated carbocycles. The molecule has 0 bridgehead atoms. The van der Waals surface area contributed by atoms with Gasteiger partial charge in [-0.1, -0.05) is 19.1 Å². The predicted octanol–water partition coefficient (Wildman–Crippen LogP) is 3.61. The molecule has 8 heteroatoms. The molecule has 3 rings (SSSR count). The van der Waals surface area contributed by atoms with Crippen molar-refractivity contribution in [3.05, 3.63) is 54.1 Å². The molecule has 1 fully saturated rings. The van der Waals surface area contributed by atoms with Gasteiger partial charge in [-0.25, -0.2) is 0 Å². The number of ether oxygens (including phenoxy) is 2. The minimum absolute atomic E-state index is 0.0482. The summed E-state index contributed by atoms with van der Waals surface area (Å²) in [4.78, 5) is 40.3. The number of carbonyl (C=O) groups excluding carboxylic acids is 3. The van der Waals surface area contributed by atoms with Crippen LogP contribution in [0.3, 0.4) is 0 Å². The number of nitrogens with zero attached hydrogens (tertiary/aromatic N) is 1. The lowest BCUT2D eigenvalue weighted by atomic mass is 9.83. The maximum absolute atomic E-state index is 13.3. The highest BCUT2D eigenvalue weighted by molar-refractivity contribution is 5.97. The van der Waals surface area contributed by atoms with Crippen LogP contribution >= 0.6 is 0 Å². The van der Waals surface area contributed by atoms with Crippen molar-refractivity contribution in [1.29, 1.82) is 0 Å². The zero-order valence-corrected chi connectivity index (χ0v) is 20.9. The first kappa shape index (κ1) is 26.1. The van der Waals surface area contributed by atoms with E-state index >= 15 is 0 Å². The molecule has 3 amide bonds. The zero-order valence-electron chi connectivity index (χ0n) is 20.9. The molecule has 1 aliphatic heterocycles. The molecule has 188 valence electrons. The molecule has 0 aliphatic carbocycles. The molecule has 3 unspecified atom stereocenters. The Morgan fingerprint density at radius 3 is 2.20 bits per heavy atom. The number of hydrogen-bond acceptors (Lipinski definition) is 5. The van der Waals surface area contributed by atoms with Gasteiger partial charge in [-0.3, -0.25) is 14.4 Å². The van der Waals surface area contributed by atoms with Crippen molar-refractivity contribution in [1.82, 2.24) is 10.6 Å². The fraction of sp³-hybridized carbons (Fsp3) is 0.444. The topological polar surface area (TPSA) is 97.0 Å². The first-order valence-electron chi connectivity index (χ1n) is 12.0. The Bertz CT molecular complexity index is 1010. The highest BCUT2D eigenvalue weighted by Crippen LogP contribution is 2.40. The Kier molecular flexibility index (Phi) is 9.11. The number of rotatable bonds is 10. The van der Waals surface area contributed by atoms with Gasteiger partial charge in [0.15, 0.2) is 0 Å². The molecule has 1 heterocycles. The summed E-state index contributed by atoms with van der Waals surface area (Å²) < 4.78 is 10.5. The second-order valence-corrected chi connectivity index (χ2v) is 8.74. The van der Waals surface area contributed by atoms with Crippen LogP contribution in [0.4, 0.5) is 5.69 Å². The van der Waals surface area contributed by atoms with Gasteiger partial charge in [-0.2, -0.15) is 0 Å². The third-order valence-electron chi connectivity index (χ3n) is 6.41. The Morgan fingerprint density at radius 1 is 1.03 bits per heavy atom. The Hall–Kier alpha value is -3.55. The van der Waals surface area contributed by atoms with Gasteiger partial charge in [-0.05, 0) is 61.7 Å². The maximum Gasteiger partial charge on any atom is 0.227 e.